The zero-order valence-electron chi connectivity index (χ0n) is 15.3. The number of likely N-dealkylation sites (tertiary alicyclic amines) is 1. The molecule has 3 heterocycles. The number of nitrogens with zero attached hydrogens (tertiary/aromatic N) is 3. The van der Waals surface area contributed by atoms with Crippen LogP contribution in [0.15, 0.2) is 59.3 Å². The van der Waals surface area contributed by atoms with Gasteiger partial charge in [-0.25, -0.2) is 4.39 Å². The van der Waals surface area contributed by atoms with Crippen molar-refractivity contribution in [3.05, 3.63) is 71.9 Å². The number of rotatable bonds is 5. The molecule has 6 nitrogen and oxygen atoms in total. The first-order chi connectivity index (χ1) is 13.7. The number of amides is 1. The molecule has 1 aliphatic heterocycles. The molecule has 1 fully saturated rings. The smallest absolute Gasteiger partial charge is 0.273 e. The monoisotopic (exact) mass is 380 g/mol. The fourth-order valence-corrected chi connectivity index (χ4v) is 3.39. The molecule has 2 aromatic heterocycles. The molecule has 0 bridgehead atoms. The van der Waals surface area contributed by atoms with Crippen LogP contribution in [0.3, 0.4) is 0 Å². The number of halogens is 1. The van der Waals surface area contributed by atoms with Crippen LogP contribution in [-0.2, 0) is 6.54 Å². The molecular weight excluding hydrogens is 359 g/mol. The van der Waals surface area contributed by atoms with Crippen molar-refractivity contribution in [2.24, 2.45) is 0 Å². The number of nitrogens with one attached hydrogen (secondary N) is 1. The Hall–Kier alpha value is -3.06. The molecule has 0 atom stereocenters. The van der Waals surface area contributed by atoms with Gasteiger partial charge in [0.1, 0.15) is 5.82 Å². The summed E-state index contributed by atoms with van der Waals surface area (Å²) < 4.78 is 19.0. The molecule has 0 radical (unpaired) electrons. The lowest BCUT2D eigenvalue weighted by atomic mass is 10.0. The summed E-state index contributed by atoms with van der Waals surface area (Å²) in [7, 11) is 0. The number of hydrogen-bond acceptors (Lipinski definition) is 5. The van der Waals surface area contributed by atoms with E-state index in [4.69, 9.17) is 4.52 Å². The zero-order chi connectivity index (χ0) is 19.3. The third-order valence-corrected chi connectivity index (χ3v) is 4.92. The second kappa shape index (κ2) is 8.31. The van der Waals surface area contributed by atoms with E-state index in [1.54, 1.807) is 24.4 Å². The first-order valence-electron chi connectivity index (χ1n) is 9.34. The summed E-state index contributed by atoms with van der Waals surface area (Å²) >= 11 is 0. The maximum absolute atomic E-state index is 13.9. The van der Waals surface area contributed by atoms with Crippen LogP contribution in [0, 0.1) is 5.82 Å². The molecule has 1 saturated heterocycles. The molecule has 3 aromatic rings. The summed E-state index contributed by atoms with van der Waals surface area (Å²) in [5.41, 5.74) is 1.50. The van der Waals surface area contributed by atoms with Gasteiger partial charge in [0.2, 0.25) is 0 Å². The summed E-state index contributed by atoms with van der Waals surface area (Å²) in [6.07, 6.45) is 3.52. The summed E-state index contributed by atoms with van der Waals surface area (Å²) in [4.78, 5) is 19.2. The third kappa shape index (κ3) is 4.26. The number of hydrogen-bond donors (Lipinski definition) is 1. The van der Waals surface area contributed by atoms with Gasteiger partial charge in [-0.15, -0.1) is 0 Å². The molecular formula is C21H21FN4O2. The van der Waals surface area contributed by atoms with Gasteiger partial charge in [-0.05, 0) is 37.1 Å². The van der Waals surface area contributed by atoms with Crippen molar-refractivity contribution in [3.8, 4) is 11.3 Å². The van der Waals surface area contributed by atoms with Crippen LogP contribution in [0.2, 0.25) is 0 Å². The molecule has 0 spiro atoms. The molecule has 144 valence electrons. The Labute approximate surface area is 162 Å². The van der Waals surface area contributed by atoms with E-state index in [0.29, 0.717) is 0 Å². The molecule has 0 aliphatic carbocycles. The van der Waals surface area contributed by atoms with Crippen LogP contribution < -0.4 is 5.32 Å². The molecule has 0 unspecified atom stereocenters. The SMILES string of the molecule is O=C(NC1CCN(Cc2ccccn2)CC1)c1cc(-c2ccccc2F)on1. The molecule has 1 amide bonds. The molecule has 1 aromatic carbocycles. The van der Waals surface area contributed by atoms with Gasteiger partial charge in [-0.2, -0.15) is 0 Å². The highest BCUT2D eigenvalue weighted by Crippen LogP contribution is 2.23. The van der Waals surface area contributed by atoms with E-state index in [1.165, 1.54) is 12.1 Å². The van der Waals surface area contributed by atoms with Gasteiger partial charge in [0.15, 0.2) is 11.5 Å². The highest BCUT2D eigenvalue weighted by atomic mass is 19.1. The van der Waals surface area contributed by atoms with Gasteiger partial charge in [0.25, 0.3) is 5.91 Å². The van der Waals surface area contributed by atoms with Crippen LogP contribution in [0.1, 0.15) is 29.0 Å². The van der Waals surface area contributed by atoms with E-state index in [1.807, 2.05) is 18.2 Å². The molecule has 0 saturated carbocycles. The van der Waals surface area contributed by atoms with Gasteiger partial charge >= 0.3 is 0 Å². The Kier molecular flexibility index (Phi) is 5.43. The van der Waals surface area contributed by atoms with Crippen molar-refractivity contribution in [1.29, 1.82) is 0 Å². The van der Waals surface area contributed by atoms with E-state index in [0.717, 1.165) is 38.2 Å². The van der Waals surface area contributed by atoms with Crippen LogP contribution in [-0.4, -0.2) is 40.1 Å². The standard InChI is InChI=1S/C21H21FN4O2/c22-18-7-2-1-6-17(18)20-13-19(25-28-20)21(27)24-15-8-11-26(12-9-15)14-16-5-3-4-10-23-16/h1-7,10,13,15H,8-9,11-12,14H2,(H,24,27). The fourth-order valence-electron chi connectivity index (χ4n) is 3.39. The molecule has 7 heteroatoms. The third-order valence-electron chi connectivity index (χ3n) is 4.92. The first-order valence-corrected chi connectivity index (χ1v) is 9.34. The summed E-state index contributed by atoms with van der Waals surface area (Å²) in [5.74, 6) is -0.464. The molecule has 4 rings (SSSR count). The van der Waals surface area contributed by atoms with Crippen LogP contribution in [0.5, 0.6) is 0 Å². The minimum atomic E-state index is -0.411. The lowest BCUT2D eigenvalue weighted by molar-refractivity contribution is 0.0899. The van der Waals surface area contributed by atoms with Gasteiger partial charge in [-0.3, -0.25) is 14.7 Å². The normalized spacial score (nSPS) is 15.5. The number of pyridine rings is 1. The average Bonchev–Trinajstić information content (AvgIpc) is 3.21. The molecule has 28 heavy (non-hydrogen) atoms. The maximum Gasteiger partial charge on any atom is 0.273 e. The van der Waals surface area contributed by atoms with Crippen LogP contribution >= 0.6 is 0 Å². The number of benzene rings is 1. The zero-order valence-corrected chi connectivity index (χ0v) is 15.3. The van der Waals surface area contributed by atoms with E-state index in [-0.39, 0.29) is 29.0 Å². The summed E-state index contributed by atoms with van der Waals surface area (Å²) in [6.45, 7) is 2.60. The van der Waals surface area contributed by atoms with Crippen LogP contribution in [0.25, 0.3) is 11.3 Å². The molecule has 1 N–H and O–H groups in total. The van der Waals surface area contributed by atoms with Crippen molar-refractivity contribution in [2.75, 3.05) is 13.1 Å². The number of aromatic nitrogens is 2. The van der Waals surface area contributed by atoms with E-state index >= 15 is 0 Å². The number of carbonyl (C=O) groups is 1. The predicted molar refractivity (Wildman–Crippen MR) is 102 cm³/mol. The molecule has 1 aliphatic rings. The minimum absolute atomic E-state index is 0.0843. The average molecular weight is 380 g/mol. The Morgan fingerprint density at radius 1 is 1.18 bits per heavy atom. The summed E-state index contributed by atoms with van der Waals surface area (Å²) in [6, 6.07) is 13.7. The Bertz CT molecular complexity index is 936. The Morgan fingerprint density at radius 2 is 1.96 bits per heavy atom. The van der Waals surface area contributed by atoms with Crippen molar-refractivity contribution >= 4 is 5.91 Å². The second-order valence-corrected chi connectivity index (χ2v) is 6.90. The van der Waals surface area contributed by atoms with Crippen molar-refractivity contribution in [3.63, 3.8) is 0 Å². The second-order valence-electron chi connectivity index (χ2n) is 6.90. The minimum Gasteiger partial charge on any atom is -0.355 e. The number of piperidine rings is 1. The van der Waals surface area contributed by atoms with Crippen molar-refractivity contribution in [2.45, 2.75) is 25.4 Å². The van der Waals surface area contributed by atoms with Gasteiger partial charge in [0, 0.05) is 37.9 Å². The highest BCUT2D eigenvalue weighted by Gasteiger charge is 2.23. The highest BCUT2D eigenvalue weighted by molar-refractivity contribution is 5.93. The maximum atomic E-state index is 13.9. The Balaban J connectivity index is 1.31. The van der Waals surface area contributed by atoms with Crippen LogP contribution in [0.4, 0.5) is 4.39 Å². The van der Waals surface area contributed by atoms with Gasteiger partial charge < -0.3 is 9.84 Å². The largest absolute Gasteiger partial charge is 0.355 e. The van der Waals surface area contributed by atoms with E-state index in [9.17, 15) is 9.18 Å². The van der Waals surface area contributed by atoms with E-state index in [2.05, 4.69) is 20.4 Å². The summed E-state index contributed by atoms with van der Waals surface area (Å²) in [5, 5.41) is 6.80. The van der Waals surface area contributed by atoms with Crippen molar-refractivity contribution < 1.29 is 13.7 Å². The van der Waals surface area contributed by atoms with E-state index < -0.39 is 5.82 Å². The topological polar surface area (TPSA) is 71.3 Å². The predicted octanol–water partition coefficient (Wildman–Crippen LogP) is 3.27. The fraction of sp³-hybridized carbons (Fsp3) is 0.286. The lowest BCUT2D eigenvalue weighted by Gasteiger charge is -2.31. The lowest BCUT2D eigenvalue weighted by Crippen LogP contribution is -2.44. The first kappa shape index (κ1) is 18.3. The quantitative estimate of drug-likeness (QED) is 0.736. The van der Waals surface area contributed by atoms with Gasteiger partial charge in [0.05, 0.1) is 11.3 Å². The Morgan fingerprint density at radius 3 is 2.71 bits per heavy atom. The van der Waals surface area contributed by atoms with Gasteiger partial charge in [-0.1, -0.05) is 23.4 Å². The number of carbonyl (C=O) groups excluding carboxylic acids is 1. The van der Waals surface area contributed by atoms with Crippen molar-refractivity contribution in [1.82, 2.24) is 20.4 Å².